The van der Waals surface area contributed by atoms with Crippen molar-refractivity contribution in [3.05, 3.63) is 35.9 Å². The second kappa shape index (κ2) is 7.47. The molecule has 2 fully saturated rings. The molecule has 0 unspecified atom stereocenters. The summed E-state index contributed by atoms with van der Waals surface area (Å²) in [5.41, 5.74) is 1.12. The van der Waals surface area contributed by atoms with E-state index >= 15 is 0 Å². The summed E-state index contributed by atoms with van der Waals surface area (Å²) in [6.07, 6.45) is 6.02. The summed E-state index contributed by atoms with van der Waals surface area (Å²) in [6.45, 7) is 2.03. The number of likely N-dealkylation sites (tertiary alicyclic amines) is 1. The van der Waals surface area contributed by atoms with Crippen molar-refractivity contribution in [1.29, 1.82) is 0 Å². The molecule has 1 aromatic carbocycles. The molecule has 1 aromatic rings. The molecule has 1 saturated heterocycles. The quantitative estimate of drug-likeness (QED) is 0.830. The lowest BCUT2D eigenvalue weighted by Crippen LogP contribution is -2.54. The fourth-order valence-corrected chi connectivity index (χ4v) is 3.80. The minimum Gasteiger partial charge on any atom is -0.337 e. The van der Waals surface area contributed by atoms with Gasteiger partial charge in [-0.1, -0.05) is 30.3 Å². The lowest BCUT2D eigenvalue weighted by atomic mass is 10.0. The van der Waals surface area contributed by atoms with Gasteiger partial charge in [0.15, 0.2) is 0 Å². The molecule has 2 aliphatic rings. The number of hydrogen-bond donors (Lipinski definition) is 2. The molecule has 0 spiro atoms. The largest absolute Gasteiger partial charge is 0.337 e. The number of urea groups is 1. The Labute approximate surface area is 147 Å². The van der Waals surface area contributed by atoms with Gasteiger partial charge in [0.2, 0.25) is 5.91 Å². The first-order valence-corrected chi connectivity index (χ1v) is 9.77. The van der Waals surface area contributed by atoms with Gasteiger partial charge in [-0.2, -0.15) is 11.8 Å². The van der Waals surface area contributed by atoms with Crippen molar-refractivity contribution >= 4 is 23.7 Å². The molecular weight excluding hydrogens is 322 g/mol. The zero-order chi connectivity index (χ0) is 17.0. The molecule has 130 valence electrons. The Morgan fingerprint density at radius 1 is 1.33 bits per heavy atom. The summed E-state index contributed by atoms with van der Waals surface area (Å²) in [7, 11) is 0. The van der Waals surface area contributed by atoms with Crippen molar-refractivity contribution in [3.63, 3.8) is 0 Å². The van der Waals surface area contributed by atoms with Crippen LogP contribution in [0, 0.1) is 0 Å². The summed E-state index contributed by atoms with van der Waals surface area (Å²) in [4.78, 5) is 26.6. The molecule has 3 rings (SSSR count). The first-order chi connectivity index (χ1) is 11.6. The van der Waals surface area contributed by atoms with Crippen molar-refractivity contribution < 1.29 is 9.59 Å². The highest BCUT2D eigenvalue weighted by molar-refractivity contribution is 8.00. The fourth-order valence-electron chi connectivity index (χ4n) is 3.08. The SMILES string of the molecule is CSC1(CNC(=O)N[C@H]2CCCN(Cc3ccccc3)C2=O)CC1. The van der Waals surface area contributed by atoms with Crippen LogP contribution in [0.4, 0.5) is 4.79 Å². The van der Waals surface area contributed by atoms with E-state index in [1.807, 2.05) is 47.0 Å². The first-order valence-electron chi connectivity index (χ1n) is 8.54. The maximum Gasteiger partial charge on any atom is 0.315 e. The third-order valence-corrected chi connectivity index (χ3v) is 6.28. The molecule has 0 aromatic heterocycles. The van der Waals surface area contributed by atoms with E-state index in [9.17, 15) is 9.59 Å². The van der Waals surface area contributed by atoms with Crippen LogP contribution < -0.4 is 10.6 Å². The van der Waals surface area contributed by atoms with Crippen molar-refractivity contribution in [2.75, 3.05) is 19.3 Å². The van der Waals surface area contributed by atoms with E-state index in [-0.39, 0.29) is 16.7 Å². The van der Waals surface area contributed by atoms with Gasteiger partial charge in [-0.25, -0.2) is 4.79 Å². The number of piperidine rings is 1. The first kappa shape index (κ1) is 17.1. The van der Waals surface area contributed by atoms with E-state index in [0.29, 0.717) is 19.5 Å². The molecule has 0 bridgehead atoms. The number of nitrogens with zero attached hydrogens (tertiary/aromatic N) is 1. The zero-order valence-electron chi connectivity index (χ0n) is 14.1. The van der Waals surface area contributed by atoms with E-state index in [4.69, 9.17) is 0 Å². The van der Waals surface area contributed by atoms with E-state index in [1.54, 1.807) is 0 Å². The number of nitrogens with one attached hydrogen (secondary N) is 2. The number of thioether (sulfide) groups is 1. The molecule has 0 radical (unpaired) electrons. The molecule has 6 heteroatoms. The van der Waals surface area contributed by atoms with Gasteiger partial charge in [0, 0.05) is 24.4 Å². The molecular formula is C18H25N3O2S. The number of benzene rings is 1. The number of hydrogen-bond acceptors (Lipinski definition) is 3. The molecule has 1 atom stereocenters. The second-order valence-electron chi connectivity index (χ2n) is 6.65. The monoisotopic (exact) mass is 347 g/mol. The highest BCUT2D eigenvalue weighted by Crippen LogP contribution is 2.46. The van der Waals surface area contributed by atoms with Gasteiger partial charge in [0.05, 0.1) is 0 Å². The van der Waals surface area contributed by atoms with Gasteiger partial charge in [0.1, 0.15) is 6.04 Å². The lowest BCUT2D eigenvalue weighted by Gasteiger charge is -2.32. The second-order valence-corrected chi connectivity index (χ2v) is 7.93. The average molecular weight is 347 g/mol. The van der Waals surface area contributed by atoms with Crippen LogP contribution in [0.15, 0.2) is 30.3 Å². The smallest absolute Gasteiger partial charge is 0.315 e. The Morgan fingerprint density at radius 3 is 2.75 bits per heavy atom. The molecule has 1 aliphatic carbocycles. The third-order valence-electron chi connectivity index (χ3n) is 4.86. The molecule has 5 nitrogen and oxygen atoms in total. The van der Waals surface area contributed by atoms with Crippen LogP contribution in [0.5, 0.6) is 0 Å². The third kappa shape index (κ3) is 4.23. The van der Waals surface area contributed by atoms with E-state index < -0.39 is 6.04 Å². The number of amides is 3. The number of carbonyl (C=O) groups is 2. The van der Waals surface area contributed by atoms with Crippen molar-refractivity contribution in [2.24, 2.45) is 0 Å². The molecule has 24 heavy (non-hydrogen) atoms. The number of rotatable bonds is 6. The fraction of sp³-hybridized carbons (Fsp3) is 0.556. The van der Waals surface area contributed by atoms with Gasteiger partial charge < -0.3 is 15.5 Å². The number of carbonyl (C=O) groups excluding carboxylic acids is 2. The summed E-state index contributed by atoms with van der Waals surface area (Å²) >= 11 is 1.81. The Morgan fingerprint density at radius 2 is 2.08 bits per heavy atom. The van der Waals surface area contributed by atoms with Crippen LogP contribution in [-0.2, 0) is 11.3 Å². The predicted molar refractivity (Wildman–Crippen MR) is 96.9 cm³/mol. The summed E-state index contributed by atoms with van der Waals surface area (Å²) in [5, 5.41) is 5.79. The van der Waals surface area contributed by atoms with Crippen LogP contribution in [-0.4, -0.2) is 47.0 Å². The Kier molecular flexibility index (Phi) is 5.33. The van der Waals surface area contributed by atoms with Crippen LogP contribution in [0.3, 0.4) is 0 Å². The minimum atomic E-state index is -0.410. The van der Waals surface area contributed by atoms with Crippen molar-refractivity contribution in [2.45, 2.75) is 43.0 Å². The predicted octanol–water partition coefficient (Wildman–Crippen LogP) is 2.37. The molecule has 1 aliphatic heterocycles. The highest BCUT2D eigenvalue weighted by Gasteiger charge is 2.42. The van der Waals surface area contributed by atoms with Crippen molar-refractivity contribution in [1.82, 2.24) is 15.5 Å². The lowest BCUT2D eigenvalue weighted by molar-refractivity contribution is -0.136. The maximum absolute atomic E-state index is 12.6. The van der Waals surface area contributed by atoms with Gasteiger partial charge in [-0.05, 0) is 37.5 Å². The summed E-state index contributed by atoms with van der Waals surface area (Å²) < 4.78 is 0.229. The van der Waals surface area contributed by atoms with Crippen molar-refractivity contribution in [3.8, 4) is 0 Å². The average Bonchev–Trinajstić information content (AvgIpc) is 3.38. The Hall–Kier alpha value is -1.69. The Balaban J connectivity index is 1.50. The van der Waals surface area contributed by atoms with E-state index in [1.165, 1.54) is 0 Å². The normalized spacial score (nSPS) is 22.1. The molecule has 2 N–H and O–H groups in total. The summed E-state index contributed by atoms with van der Waals surface area (Å²) in [6, 6.07) is 9.33. The minimum absolute atomic E-state index is 0.0197. The van der Waals surface area contributed by atoms with Gasteiger partial charge in [-0.3, -0.25) is 4.79 Å². The summed E-state index contributed by atoms with van der Waals surface area (Å²) in [5.74, 6) is 0.0197. The van der Waals surface area contributed by atoms with Crippen LogP contribution in [0.2, 0.25) is 0 Å². The molecule has 1 saturated carbocycles. The van der Waals surface area contributed by atoms with Crippen LogP contribution >= 0.6 is 11.8 Å². The van der Waals surface area contributed by atoms with Crippen LogP contribution in [0.25, 0.3) is 0 Å². The van der Waals surface area contributed by atoms with Crippen LogP contribution in [0.1, 0.15) is 31.2 Å². The van der Waals surface area contributed by atoms with Gasteiger partial charge >= 0.3 is 6.03 Å². The molecule has 1 heterocycles. The zero-order valence-corrected chi connectivity index (χ0v) is 14.9. The molecule has 3 amide bonds. The maximum atomic E-state index is 12.6. The highest BCUT2D eigenvalue weighted by atomic mass is 32.2. The van der Waals surface area contributed by atoms with E-state index in [2.05, 4.69) is 16.9 Å². The van der Waals surface area contributed by atoms with Gasteiger partial charge in [0.25, 0.3) is 0 Å². The van der Waals surface area contributed by atoms with E-state index in [0.717, 1.165) is 31.4 Å². The Bertz CT molecular complexity index is 589. The standard InChI is InChI=1S/C18H25N3O2S/c1-24-18(9-10-18)13-19-17(23)20-15-8-5-11-21(16(15)22)12-14-6-3-2-4-7-14/h2-4,6-7,15H,5,8-13H2,1H3,(H2,19,20,23)/t15-/m0/s1. The van der Waals surface area contributed by atoms with Gasteiger partial charge in [-0.15, -0.1) is 0 Å². The topological polar surface area (TPSA) is 61.4 Å².